The number of nitrogens with two attached hydrogens (primary N) is 1. The van der Waals surface area contributed by atoms with E-state index in [0.29, 0.717) is 25.6 Å². The Kier molecular flexibility index (Phi) is 5.79. The Morgan fingerprint density at radius 3 is 2.11 bits per heavy atom. The van der Waals surface area contributed by atoms with Crippen LogP contribution in [0.5, 0.6) is 0 Å². The summed E-state index contributed by atoms with van der Waals surface area (Å²) in [6, 6.07) is 0. The molecule has 1 fully saturated rings. The second-order valence-electron chi connectivity index (χ2n) is 6.40. The van der Waals surface area contributed by atoms with Crippen LogP contribution in [0.1, 0.15) is 34.1 Å². The van der Waals surface area contributed by atoms with Gasteiger partial charge in [-0.15, -0.1) is 0 Å². The van der Waals surface area contributed by atoms with E-state index < -0.39 is 10.0 Å². The Morgan fingerprint density at radius 2 is 1.68 bits per heavy atom. The van der Waals surface area contributed by atoms with Crippen molar-refractivity contribution >= 4 is 10.0 Å². The number of sulfonamides is 1. The molecular weight excluding hydrogens is 262 g/mol. The Bertz CT molecular complexity index is 371. The first kappa shape index (κ1) is 16.9. The van der Waals surface area contributed by atoms with Crippen molar-refractivity contribution in [3.8, 4) is 0 Å². The van der Waals surface area contributed by atoms with Gasteiger partial charge in [-0.25, -0.2) is 8.42 Å². The minimum atomic E-state index is -3.08. The third kappa shape index (κ3) is 4.70. The maximum Gasteiger partial charge on any atom is 0.214 e. The molecule has 1 rings (SSSR count). The molecule has 0 aromatic heterocycles. The van der Waals surface area contributed by atoms with Gasteiger partial charge in [0.2, 0.25) is 10.0 Å². The van der Waals surface area contributed by atoms with Crippen molar-refractivity contribution in [2.45, 2.75) is 39.7 Å². The molecule has 0 unspecified atom stereocenters. The molecule has 1 aliphatic heterocycles. The van der Waals surface area contributed by atoms with Gasteiger partial charge < -0.3 is 5.73 Å². The Hall–Kier alpha value is -0.170. The average molecular weight is 291 g/mol. The zero-order valence-corrected chi connectivity index (χ0v) is 13.5. The molecule has 0 bridgehead atoms. The third-order valence-corrected chi connectivity index (χ3v) is 5.84. The molecule has 0 aromatic rings. The summed E-state index contributed by atoms with van der Waals surface area (Å²) in [6.45, 7) is 11.6. The molecule has 0 amide bonds. The third-order valence-electron chi connectivity index (χ3n) is 3.94. The van der Waals surface area contributed by atoms with Crippen LogP contribution in [0.15, 0.2) is 0 Å². The standard InChI is InChI=1S/C13H29N3O2S/c1-12(2)5-10-19(17,18)16-8-6-15(7-9-16)13(3,4)11-14/h12H,5-11,14H2,1-4H3. The molecule has 6 heteroatoms. The highest BCUT2D eigenvalue weighted by Crippen LogP contribution is 2.18. The summed E-state index contributed by atoms with van der Waals surface area (Å²) < 4.78 is 26.0. The van der Waals surface area contributed by atoms with Gasteiger partial charge in [0, 0.05) is 38.3 Å². The van der Waals surface area contributed by atoms with Crippen LogP contribution in [0.3, 0.4) is 0 Å². The first-order valence-corrected chi connectivity index (χ1v) is 8.73. The number of hydrogen-bond acceptors (Lipinski definition) is 4. The quantitative estimate of drug-likeness (QED) is 0.783. The van der Waals surface area contributed by atoms with Gasteiger partial charge in [0.05, 0.1) is 5.75 Å². The lowest BCUT2D eigenvalue weighted by atomic mass is 10.0. The van der Waals surface area contributed by atoms with Gasteiger partial charge in [0.1, 0.15) is 0 Å². The van der Waals surface area contributed by atoms with Gasteiger partial charge in [0.15, 0.2) is 0 Å². The minimum Gasteiger partial charge on any atom is -0.329 e. The van der Waals surface area contributed by atoms with Crippen molar-refractivity contribution in [3.63, 3.8) is 0 Å². The van der Waals surface area contributed by atoms with E-state index in [1.165, 1.54) is 0 Å². The number of piperazine rings is 1. The van der Waals surface area contributed by atoms with Crippen molar-refractivity contribution < 1.29 is 8.42 Å². The lowest BCUT2D eigenvalue weighted by molar-refractivity contribution is 0.0849. The van der Waals surface area contributed by atoms with Crippen molar-refractivity contribution in [2.24, 2.45) is 11.7 Å². The molecule has 114 valence electrons. The van der Waals surface area contributed by atoms with Crippen molar-refractivity contribution in [1.82, 2.24) is 9.21 Å². The molecule has 0 saturated carbocycles. The molecule has 1 heterocycles. The predicted octanol–water partition coefficient (Wildman–Crippen LogP) is 0.717. The SMILES string of the molecule is CC(C)CCS(=O)(=O)N1CCN(C(C)(C)CN)CC1. The highest BCUT2D eigenvalue weighted by Gasteiger charge is 2.32. The van der Waals surface area contributed by atoms with E-state index in [1.807, 2.05) is 0 Å². The van der Waals surface area contributed by atoms with Crippen LogP contribution in [0, 0.1) is 5.92 Å². The lowest BCUT2D eigenvalue weighted by Gasteiger charge is -2.43. The van der Waals surface area contributed by atoms with Crippen LogP contribution >= 0.6 is 0 Å². The molecule has 0 spiro atoms. The maximum atomic E-state index is 12.2. The summed E-state index contributed by atoms with van der Waals surface area (Å²) in [5.74, 6) is 0.692. The van der Waals surface area contributed by atoms with E-state index in [1.54, 1.807) is 4.31 Å². The fourth-order valence-corrected chi connectivity index (χ4v) is 3.96. The van der Waals surface area contributed by atoms with E-state index in [4.69, 9.17) is 5.73 Å². The average Bonchev–Trinajstić information content (AvgIpc) is 2.37. The smallest absolute Gasteiger partial charge is 0.214 e. The number of rotatable bonds is 6. The molecule has 1 aliphatic rings. The predicted molar refractivity (Wildman–Crippen MR) is 79.5 cm³/mol. The molecule has 5 nitrogen and oxygen atoms in total. The number of nitrogens with zero attached hydrogens (tertiary/aromatic N) is 2. The molecule has 19 heavy (non-hydrogen) atoms. The van der Waals surface area contributed by atoms with Gasteiger partial charge >= 0.3 is 0 Å². The van der Waals surface area contributed by atoms with Gasteiger partial charge in [-0.05, 0) is 26.2 Å². The Balaban J connectivity index is 2.54. The van der Waals surface area contributed by atoms with Gasteiger partial charge in [-0.1, -0.05) is 13.8 Å². The summed E-state index contributed by atoms with van der Waals surface area (Å²) >= 11 is 0. The largest absolute Gasteiger partial charge is 0.329 e. The molecule has 0 aromatic carbocycles. The van der Waals surface area contributed by atoms with Gasteiger partial charge in [0.25, 0.3) is 0 Å². The monoisotopic (exact) mass is 291 g/mol. The molecule has 2 N–H and O–H groups in total. The second kappa shape index (κ2) is 6.52. The van der Waals surface area contributed by atoms with Crippen molar-refractivity contribution in [2.75, 3.05) is 38.5 Å². The summed E-state index contributed by atoms with van der Waals surface area (Å²) in [6.07, 6.45) is 0.733. The lowest BCUT2D eigenvalue weighted by Crippen LogP contribution is -2.58. The maximum absolute atomic E-state index is 12.2. The fourth-order valence-electron chi connectivity index (χ4n) is 2.21. The first-order chi connectivity index (χ1) is 8.69. The summed E-state index contributed by atoms with van der Waals surface area (Å²) in [7, 11) is -3.08. The summed E-state index contributed by atoms with van der Waals surface area (Å²) in [5.41, 5.74) is 5.72. The van der Waals surface area contributed by atoms with E-state index in [-0.39, 0.29) is 11.3 Å². The van der Waals surface area contributed by atoms with Crippen LogP contribution in [-0.4, -0.2) is 61.6 Å². The minimum absolute atomic E-state index is 0.0478. The van der Waals surface area contributed by atoms with Crippen LogP contribution in [-0.2, 0) is 10.0 Å². The Labute approximate surface area is 118 Å². The van der Waals surface area contributed by atoms with Crippen LogP contribution in [0.25, 0.3) is 0 Å². The molecule has 1 saturated heterocycles. The van der Waals surface area contributed by atoms with E-state index >= 15 is 0 Å². The molecule has 0 atom stereocenters. The highest BCUT2D eigenvalue weighted by molar-refractivity contribution is 7.89. The first-order valence-electron chi connectivity index (χ1n) is 7.12. The highest BCUT2D eigenvalue weighted by atomic mass is 32.2. The van der Waals surface area contributed by atoms with Crippen LogP contribution < -0.4 is 5.73 Å². The van der Waals surface area contributed by atoms with Gasteiger partial charge in [-0.3, -0.25) is 4.90 Å². The van der Waals surface area contributed by atoms with Crippen LogP contribution in [0.2, 0.25) is 0 Å². The molecule has 0 radical (unpaired) electrons. The molecular formula is C13H29N3O2S. The normalized spacial score (nSPS) is 20.1. The zero-order valence-electron chi connectivity index (χ0n) is 12.7. The summed E-state index contributed by atoms with van der Waals surface area (Å²) in [5, 5.41) is 0. The van der Waals surface area contributed by atoms with Crippen LogP contribution in [0.4, 0.5) is 0 Å². The Morgan fingerprint density at radius 1 is 1.16 bits per heavy atom. The van der Waals surface area contributed by atoms with Gasteiger partial charge in [-0.2, -0.15) is 4.31 Å². The van der Waals surface area contributed by atoms with Crippen molar-refractivity contribution in [3.05, 3.63) is 0 Å². The topological polar surface area (TPSA) is 66.6 Å². The van der Waals surface area contributed by atoms with E-state index in [2.05, 4.69) is 32.6 Å². The summed E-state index contributed by atoms with van der Waals surface area (Å²) in [4.78, 5) is 2.28. The number of hydrogen-bond donors (Lipinski definition) is 1. The second-order valence-corrected chi connectivity index (χ2v) is 8.49. The van der Waals surface area contributed by atoms with Crippen molar-refractivity contribution in [1.29, 1.82) is 0 Å². The fraction of sp³-hybridized carbons (Fsp3) is 1.00. The van der Waals surface area contributed by atoms with E-state index in [9.17, 15) is 8.42 Å². The zero-order chi connectivity index (χ0) is 14.7. The van der Waals surface area contributed by atoms with E-state index in [0.717, 1.165) is 19.5 Å². The molecule has 0 aliphatic carbocycles.